The molecule has 3 nitrogen and oxygen atoms in total. The van der Waals surface area contributed by atoms with E-state index in [1.54, 1.807) is 6.92 Å². The lowest BCUT2D eigenvalue weighted by Gasteiger charge is -2.66. The van der Waals surface area contributed by atoms with E-state index in [2.05, 4.69) is 13.8 Å². The monoisotopic (exact) mass is 386 g/mol. The molecule has 0 aliphatic heterocycles. The van der Waals surface area contributed by atoms with Crippen molar-refractivity contribution in [3.05, 3.63) is 0 Å². The predicted molar refractivity (Wildman–Crippen MR) is 109 cm³/mol. The molecule has 5 fully saturated rings. The highest BCUT2D eigenvalue weighted by molar-refractivity contribution is 5.79. The zero-order valence-corrected chi connectivity index (χ0v) is 18.1. The first kappa shape index (κ1) is 19.1. The highest BCUT2D eigenvalue weighted by atomic mass is 16.5. The minimum Gasteiger partial charge on any atom is -0.463 e. The fraction of sp³-hybridized carbons (Fsp3) is 0.920. The van der Waals surface area contributed by atoms with E-state index in [-0.39, 0.29) is 12.1 Å². The van der Waals surface area contributed by atoms with Crippen LogP contribution in [0.3, 0.4) is 0 Å². The molecule has 8 atom stereocenters. The maximum Gasteiger partial charge on any atom is 0.302 e. The van der Waals surface area contributed by atoms with E-state index in [0.29, 0.717) is 27.9 Å². The zero-order valence-electron chi connectivity index (χ0n) is 18.1. The molecule has 0 saturated heterocycles. The second kappa shape index (κ2) is 6.32. The Bertz CT molecular complexity index is 685. The van der Waals surface area contributed by atoms with Gasteiger partial charge in [-0.25, -0.2) is 0 Å². The third-order valence-corrected chi connectivity index (χ3v) is 10.9. The molecular formula is C25H38O3. The van der Waals surface area contributed by atoms with Gasteiger partial charge in [0.05, 0.1) is 0 Å². The predicted octanol–water partition coefficient (Wildman–Crippen LogP) is 5.70. The van der Waals surface area contributed by atoms with Crippen LogP contribution in [0, 0.1) is 39.9 Å². The number of hydrogen-bond donors (Lipinski definition) is 0. The molecule has 0 amide bonds. The molecule has 0 aromatic rings. The Hall–Kier alpha value is -0.860. The van der Waals surface area contributed by atoms with Crippen LogP contribution >= 0.6 is 0 Å². The third-order valence-electron chi connectivity index (χ3n) is 10.9. The van der Waals surface area contributed by atoms with Gasteiger partial charge in [-0.3, -0.25) is 9.59 Å². The van der Waals surface area contributed by atoms with E-state index in [1.165, 1.54) is 51.4 Å². The molecule has 3 unspecified atom stereocenters. The van der Waals surface area contributed by atoms with Crippen LogP contribution in [0.4, 0.5) is 0 Å². The summed E-state index contributed by atoms with van der Waals surface area (Å²) in [5, 5.41) is 0. The third kappa shape index (κ3) is 2.53. The van der Waals surface area contributed by atoms with Gasteiger partial charge in [-0.15, -0.1) is 0 Å². The van der Waals surface area contributed by atoms with Crippen LogP contribution in [0.25, 0.3) is 0 Å². The van der Waals surface area contributed by atoms with Crippen molar-refractivity contribution < 1.29 is 14.3 Å². The molecule has 0 bridgehead atoms. The maximum atomic E-state index is 12.1. The van der Waals surface area contributed by atoms with E-state index in [9.17, 15) is 9.59 Å². The van der Waals surface area contributed by atoms with Gasteiger partial charge in [0.2, 0.25) is 0 Å². The molecular weight excluding hydrogens is 348 g/mol. The molecule has 0 N–H and O–H groups in total. The van der Waals surface area contributed by atoms with Gasteiger partial charge in [0, 0.05) is 19.8 Å². The van der Waals surface area contributed by atoms with Gasteiger partial charge < -0.3 is 4.74 Å². The summed E-state index contributed by atoms with van der Waals surface area (Å²) in [7, 11) is 0. The summed E-state index contributed by atoms with van der Waals surface area (Å²) in [6.45, 7) is 6.64. The Labute approximate surface area is 170 Å². The van der Waals surface area contributed by atoms with Crippen molar-refractivity contribution in [2.24, 2.45) is 39.9 Å². The van der Waals surface area contributed by atoms with Gasteiger partial charge in [0.15, 0.2) is 0 Å². The number of ether oxygens (including phenoxy) is 1. The molecule has 0 aromatic carbocycles. The number of esters is 1. The quantitative estimate of drug-likeness (QED) is 0.543. The topological polar surface area (TPSA) is 43.4 Å². The first-order chi connectivity index (χ1) is 13.3. The van der Waals surface area contributed by atoms with Gasteiger partial charge in [0.25, 0.3) is 0 Å². The number of hydrogen-bond acceptors (Lipinski definition) is 3. The number of carbonyl (C=O) groups excluding carboxylic acids is 2. The molecule has 3 heteroatoms. The first-order valence-corrected chi connectivity index (χ1v) is 12.0. The Morgan fingerprint density at radius 2 is 1.79 bits per heavy atom. The highest BCUT2D eigenvalue weighted by Crippen LogP contribution is 2.72. The Kier molecular flexibility index (Phi) is 4.31. The maximum absolute atomic E-state index is 12.1. The number of carbonyl (C=O) groups is 2. The average Bonchev–Trinajstić information content (AvgIpc) is 3.01. The standard InChI is InChI=1S/C25H38O3/c1-16(26)28-19-7-11-24(3)21-9-13-25-12-6-18(27)14-17(25)4-5-22(25)20(21)8-10-23(24,2)15-19/h17,19-22H,4-15H2,1-3H3/t17-,19-,20?,21?,22?,23+,24-,25-/m1/s1. The van der Waals surface area contributed by atoms with Gasteiger partial charge in [-0.2, -0.15) is 0 Å². The summed E-state index contributed by atoms with van der Waals surface area (Å²) in [6.07, 6.45) is 14.4. The van der Waals surface area contributed by atoms with Crippen molar-refractivity contribution in [3.63, 3.8) is 0 Å². The second-order valence-electron chi connectivity index (χ2n) is 11.7. The van der Waals surface area contributed by atoms with Crippen LogP contribution in [0.2, 0.25) is 0 Å². The van der Waals surface area contributed by atoms with E-state index in [1.807, 2.05) is 0 Å². The Morgan fingerprint density at radius 1 is 0.964 bits per heavy atom. The van der Waals surface area contributed by atoms with Gasteiger partial charge in [0.1, 0.15) is 11.9 Å². The minimum atomic E-state index is -0.116. The summed E-state index contributed by atoms with van der Waals surface area (Å²) in [6, 6.07) is 0. The van der Waals surface area contributed by atoms with Crippen LogP contribution in [0.15, 0.2) is 0 Å². The van der Waals surface area contributed by atoms with Crippen molar-refractivity contribution in [2.45, 2.75) is 104 Å². The van der Waals surface area contributed by atoms with Gasteiger partial charge >= 0.3 is 5.97 Å². The number of fused-ring (bicyclic) bond motifs is 4. The normalized spacial score (nSPS) is 52.8. The van der Waals surface area contributed by atoms with Crippen molar-refractivity contribution >= 4 is 11.8 Å². The summed E-state index contributed by atoms with van der Waals surface area (Å²) in [5.74, 6) is 3.68. The van der Waals surface area contributed by atoms with E-state index in [0.717, 1.165) is 43.4 Å². The fourth-order valence-electron chi connectivity index (χ4n) is 9.41. The number of rotatable bonds is 1. The molecule has 28 heavy (non-hydrogen) atoms. The molecule has 5 saturated carbocycles. The summed E-state index contributed by atoms with van der Waals surface area (Å²) in [4.78, 5) is 23.6. The summed E-state index contributed by atoms with van der Waals surface area (Å²) in [5.41, 5.74) is 1.20. The molecule has 0 radical (unpaired) electrons. The fourth-order valence-corrected chi connectivity index (χ4v) is 9.41. The second-order valence-corrected chi connectivity index (χ2v) is 11.7. The van der Waals surface area contributed by atoms with Crippen molar-refractivity contribution in [3.8, 4) is 0 Å². The Morgan fingerprint density at radius 3 is 2.57 bits per heavy atom. The number of ketones is 1. The van der Waals surface area contributed by atoms with E-state index >= 15 is 0 Å². The molecule has 156 valence electrons. The SMILES string of the molecule is CC(=O)O[C@@H]1CC[C@]2(C)C3CC[C@]45CCC(=O)C[C@H]4CCC5C3CC[C@@]2(C)C1. The number of Topliss-reactive ketones (excluding diaryl/α,β-unsaturated/α-hetero) is 1. The molecule has 5 aliphatic carbocycles. The highest BCUT2D eigenvalue weighted by Gasteiger charge is 2.65. The lowest BCUT2D eigenvalue weighted by Crippen LogP contribution is -2.59. The minimum absolute atomic E-state index is 0.116. The largest absolute Gasteiger partial charge is 0.463 e. The summed E-state index contributed by atoms with van der Waals surface area (Å²) < 4.78 is 5.66. The lowest BCUT2D eigenvalue weighted by molar-refractivity contribution is -0.186. The van der Waals surface area contributed by atoms with Gasteiger partial charge in [-0.05, 0) is 104 Å². The molecule has 5 aliphatic rings. The van der Waals surface area contributed by atoms with Crippen molar-refractivity contribution in [1.29, 1.82) is 0 Å². The van der Waals surface area contributed by atoms with Gasteiger partial charge in [-0.1, -0.05) is 13.8 Å². The molecule has 0 aromatic heterocycles. The van der Waals surface area contributed by atoms with Crippen molar-refractivity contribution in [1.82, 2.24) is 0 Å². The van der Waals surface area contributed by atoms with Crippen LogP contribution < -0.4 is 0 Å². The van der Waals surface area contributed by atoms with Crippen LogP contribution in [0.5, 0.6) is 0 Å². The lowest BCUT2D eigenvalue weighted by atomic mass is 9.39. The van der Waals surface area contributed by atoms with E-state index < -0.39 is 0 Å². The van der Waals surface area contributed by atoms with E-state index in [4.69, 9.17) is 4.74 Å². The average molecular weight is 387 g/mol. The molecule has 0 heterocycles. The summed E-state index contributed by atoms with van der Waals surface area (Å²) >= 11 is 0. The van der Waals surface area contributed by atoms with Crippen molar-refractivity contribution in [2.75, 3.05) is 0 Å². The zero-order chi connectivity index (χ0) is 19.7. The molecule has 5 rings (SSSR count). The smallest absolute Gasteiger partial charge is 0.302 e. The Balaban J connectivity index is 1.40. The first-order valence-electron chi connectivity index (χ1n) is 12.0. The van der Waals surface area contributed by atoms with Crippen LogP contribution in [-0.2, 0) is 14.3 Å². The van der Waals surface area contributed by atoms with Crippen LogP contribution in [0.1, 0.15) is 97.8 Å². The van der Waals surface area contributed by atoms with Crippen LogP contribution in [-0.4, -0.2) is 17.9 Å². The molecule has 1 spiro atoms.